The van der Waals surface area contributed by atoms with Crippen molar-refractivity contribution < 1.29 is 43.9 Å². The number of hydrogen-bond acceptors (Lipinski definition) is 10. The minimum Gasteiger partial charge on any atom is -0.474 e. The number of aliphatic hydroxyl groups is 3. The van der Waals surface area contributed by atoms with Gasteiger partial charge in [-0.15, -0.1) is 0 Å². The van der Waals surface area contributed by atoms with Gasteiger partial charge in [0, 0.05) is 17.9 Å². The van der Waals surface area contributed by atoms with E-state index in [9.17, 15) is 24.9 Å². The molecule has 1 saturated heterocycles. The standard InChI is InChI=1S/C46H78N2O9/c1-27(55-38(2,3)4)47-23-15-16-28(48-37(52)57-39(5,6)7)36(51)54-32-18-20-46-26-45(46)22-21-42(12)35(44(14)19-17-33(56-44)41(10,11)53)30(50)25-43(42,13)31(45)24-29(49)34(46)40(32,8)9/h28-35,47,49-50,53H,1,15-26H2,2-14H3,(H,48,52)/t28-,29-,30-,31?,32-,33-,34-,35-,42+,43-,44+,45?,46+/m0/s1. The first-order valence-electron chi connectivity index (χ1n) is 22.0. The average Bonchev–Trinajstić information content (AvgIpc) is 3.39. The maximum Gasteiger partial charge on any atom is 0.408 e. The molecule has 57 heavy (non-hydrogen) atoms. The van der Waals surface area contributed by atoms with Crippen molar-refractivity contribution in [2.24, 2.45) is 44.8 Å². The summed E-state index contributed by atoms with van der Waals surface area (Å²) in [5.74, 6) is 0.0878. The third-order valence-electron chi connectivity index (χ3n) is 16.4. The second kappa shape index (κ2) is 14.3. The number of carbonyl (C=O) groups is 2. The lowest BCUT2D eigenvalue weighted by Crippen LogP contribution is -2.62. The number of rotatable bonds is 11. The van der Waals surface area contributed by atoms with Crippen LogP contribution in [0.3, 0.4) is 0 Å². The van der Waals surface area contributed by atoms with Crippen molar-refractivity contribution in [2.75, 3.05) is 6.54 Å². The van der Waals surface area contributed by atoms with E-state index in [0.717, 1.165) is 38.5 Å². The highest BCUT2D eigenvalue weighted by atomic mass is 16.6. The first kappa shape index (κ1) is 44.5. The fourth-order valence-electron chi connectivity index (χ4n) is 14.2. The number of aliphatic hydroxyl groups excluding tert-OH is 2. The average molecular weight is 803 g/mol. The highest BCUT2D eigenvalue weighted by Crippen LogP contribution is 2.89. The SMILES string of the molecule is C=C(NCCC[C@H](NC(=O)OC(C)(C)C)C(=O)O[C@H]1CC[C@]23CC24CC[C@]2(C)[C@@H]([C@@]5(C)CC[C@@H](C(C)(C)O)O5)[C@@H](O)C[C@@]2(C)C4C[C@H](O)[C@H]3C1(C)C)OC(C)(C)C. The Hall–Kier alpha value is -2.08. The largest absolute Gasteiger partial charge is 0.474 e. The molecule has 6 fully saturated rings. The molecule has 1 heterocycles. The van der Waals surface area contributed by atoms with Crippen LogP contribution < -0.4 is 10.6 Å². The van der Waals surface area contributed by atoms with Gasteiger partial charge in [-0.3, -0.25) is 0 Å². The van der Waals surface area contributed by atoms with E-state index in [1.165, 1.54) is 0 Å². The molecule has 1 aliphatic heterocycles. The van der Waals surface area contributed by atoms with Crippen LogP contribution in [-0.2, 0) is 23.7 Å². The monoisotopic (exact) mass is 803 g/mol. The first-order valence-corrected chi connectivity index (χ1v) is 22.0. The minimum atomic E-state index is -0.949. The molecular formula is C46H78N2O9. The van der Waals surface area contributed by atoms with E-state index in [2.05, 4.69) is 51.8 Å². The molecule has 0 radical (unpaired) electrons. The number of fused-ring (bicyclic) bond motifs is 2. The third-order valence-corrected chi connectivity index (χ3v) is 16.4. The van der Waals surface area contributed by atoms with Gasteiger partial charge in [0.1, 0.15) is 23.3 Å². The maximum absolute atomic E-state index is 14.1. The molecule has 13 atom stereocenters. The maximum atomic E-state index is 14.1. The topological polar surface area (TPSA) is 156 Å². The number of hydrogen-bond donors (Lipinski definition) is 5. The van der Waals surface area contributed by atoms with Crippen molar-refractivity contribution >= 4 is 12.1 Å². The molecule has 0 aromatic rings. The van der Waals surface area contributed by atoms with Crippen molar-refractivity contribution in [3.8, 4) is 0 Å². The fourth-order valence-corrected chi connectivity index (χ4v) is 14.2. The molecule has 0 aromatic heterocycles. The van der Waals surface area contributed by atoms with E-state index < -0.39 is 64.2 Å². The number of amides is 1. The van der Waals surface area contributed by atoms with Gasteiger partial charge in [-0.25, -0.2) is 9.59 Å². The van der Waals surface area contributed by atoms with E-state index in [1.54, 1.807) is 20.8 Å². The van der Waals surface area contributed by atoms with Crippen LogP contribution in [0.5, 0.6) is 0 Å². The lowest BCUT2D eigenvalue weighted by Gasteiger charge is -2.64. The molecule has 2 unspecified atom stereocenters. The van der Waals surface area contributed by atoms with Gasteiger partial charge in [0.2, 0.25) is 0 Å². The van der Waals surface area contributed by atoms with Gasteiger partial charge in [0.15, 0.2) is 5.88 Å². The molecule has 5 aliphatic carbocycles. The predicted octanol–water partition coefficient (Wildman–Crippen LogP) is 7.54. The van der Waals surface area contributed by atoms with Crippen LogP contribution >= 0.6 is 0 Å². The first-order chi connectivity index (χ1) is 25.9. The summed E-state index contributed by atoms with van der Waals surface area (Å²) >= 11 is 0. The molecular weight excluding hydrogens is 725 g/mol. The fraction of sp³-hybridized carbons (Fsp3) is 0.913. The number of carbonyl (C=O) groups excluding carboxylic acids is 2. The van der Waals surface area contributed by atoms with Crippen LogP contribution in [0, 0.1) is 44.8 Å². The summed E-state index contributed by atoms with van der Waals surface area (Å²) in [6, 6.07) is -0.916. The number of esters is 1. The Morgan fingerprint density at radius 3 is 2.09 bits per heavy atom. The van der Waals surface area contributed by atoms with E-state index in [4.69, 9.17) is 18.9 Å². The molecule has 5 saturated carbocycles. The van der Waals surface area contributed by atoms with Crippen LogP contribution in [-0.4, -0.2) is 86.8 Å². The Bertz CT molecular complexity index is 1560. The normalized spacial score (nSPS) is 42.7. The molecule has 2 spiro atoms. The summed E-state index contributed by atoms with van der Waals surface area (Å²) in [6.07, 6.45) is 5.95. The Labute approximate surface area is 343 Å². The summed E-state index contributed by atoms with van der Waals surface area (Å²) < 4.78 is 24.5. The van der Waals surface area contributed by atoms with Gasteiger partial charge in [-0.1, -0.05) is 27.7 Å². The van der Waals surface area contributed by atoms with Gasteiger partial charge in [-0.2, -0.15) is 0 Å². The lowest BCUT2D eigenvalue weighted by atomic mass is 9.41. The zero-order valence-electron chi connectivity index (χ0n) is 37.6. The molecule has 6 aliphatic rings. The van der Waals surface area contributed by atoms with Gasteiger partial charge in [-0.05, 0) is 173 Å². The van der Waals surface area contributed by atoms with E-state index >= 15 is 0 Å². The third kappa shape index (κ3) is 7.64. The van der Waals surface area contributed by atoms with Crippen LogP contribution in [0.1, 0.15) is 161 Å². The van der Waals surface area contributed by atoms with E-state index in [-0.39, 0.29) is 45.5 Å². The summed E-state index contributed by atoms with van der Waals surface area (Å²) in [7, 11) is 0. The van der Waals surface area contributed by atoms with Gasteiger partial charge < -0.3 is 44.9 Å². The molecule has 1 amide bonds. The highest BCUT2D eigenvalue weighted by Gasteiger charge is 2.85. The second-order valence-electron chi connectivity index (χ2n) is 23.2. The van der Waals surface area contributed by atoms with Crippen LogP contribution in [0.15, 0.2) is 12.5 Å². The van der Waals surface area contributed by atoms with Crippen molar-refractivity contribution in [1.29, 1.82) is 0 Å². The number of ether oxygens (including phenoxy) is 4. The van der Waals surface area contributed by atoms with E-state index in [0.29, 0.717) is 44.5 Å². The lowest BCUT2D eigenvalue weighted by molar-refractivity contribution is -0.218. The molecule has 11 nitrogen and oxygen atoms in total. The zero-order chi connectivity index (χ0) is 42.6. The smallest absolute Gasteiger partial charge is 0.408 e. The molecule has 0 aromatic carbocycles. The summed E-state index contributed by atoms with van der Waals surface area (Å²) in [6.45, 7) is 30.5. The van der Waals surface area contributed by atoms with Crippen LogP contribution in [0.2, 0.25) is 0 Å². The summed E-state index contributed by atoms with van der Waals surface area (Å²) in [4.78, 5) is 27.0. The van der Waals surface area contributed by atoms with Gasteiger partial charge in [0.05, 0.1) is 29.5 Å². The van der Waals surface area contributed by atoms with Gasteiger partial charge >= 0.3 is 12.1 Å². The quantitative estimate of drug-likeness (QED) is 0.0804. The zero-order valence-corrected chi connectivity index (χ0v) is 37.6. The number of alkyl carbamates (subject to hydrolysis) is 1. The minimum absolute atomic E-state index is 0.0543. The van der Waals surface area contributed by atoms with Gasteiger partial charge in [0.25, 0.3) is 0 Å². The molecule has 6 rings (SSSR count). The number of nitrogens with one attached hydrogen (secondary N) is 2. The Morgan fingerprint density at radius 1 is 0.842 bits per heavy atom. The molecule has 326 valence electrons. The molecule has 11 heteroatoms. The van der Waals surface area contributed by atoms with Crippen LogP contribution in [0.4, 0.5) is 4.79 Å². The Morgan fingerprint density at radius 2 is 1.49 bits per heavy atom. The summed E-state index contributed by atoms with van der Waals surface area (Å²) in [5, 5.41) is 41.3. The molecule has 5 N–H and O–H groups in total. The van der Waals surface area contributed by atoms with Crippen molar-refractivity contribution in [1.82, 2.24) is 10.6 Å². The van der Waals surface area contributed by atoms with Crippen molar-refractivity contribution in [3.05, 3.63) is 12.5 Å². The van der Waals surface area contributed by atoms with Crippen LogP contribution in [0.25, 0.3) is 0 Å². The summed E-state index contributed by atoms with van der Waals surface area (Å²) in [5.41, 5.74) is -3.51. The molecule has 0 bridgehead atoms. The van der Waals surface area contributed by atoms with Crippen molar-refractivity contribution in [3.63, 3.8) is 0 Å². The second-order valence-corrected chi connectivity index (χ2v) is 23.2. The van der Waals surface area contributed by atoms with Crippen molar-refractivity contribution in [2.45, 2.75) is 213 Å². The predicted molar refractivity (Wildman–Crippen MR) is 219 cm³/mol. The Balaban J connectivity index is 1.17. The Kier molecular flexibility index (Phi) is 11.1. The highest BCUT2D eigenvalue weighted by molar-refractivity contribution is 5.81. The van der Waals surface area contributed by atoms with E-state index in [1.807, 2.05) is 34.6 Å².